The van der Waals surface area contributed by atoms with Gasteiger partial charge in [0.15, 0.2) is 0 Å². The third-order valence-electron chi connectivity index (χ3n) is 3.22. The highest BCUT2D eigenvalue weighted by Gasteiger charge is 2.05. The summed E-state index contributed by atoms with van der Waals surface area (Å²) < 4.78 is 19.3. The summed E-state index contributed by atoms with van der Waals surface area (Å²) in [7, 11) is 0. The molecule has 0 aromatic heterocycles. The van der Waals surface area contributed by atoms with Gasteiger partial charge in [-0.1, -0.05) is 42.5 Å². The first kappa shape index (κ1) is 15.2. The van der Waals surface area contributed by atoms with Crippen LogP contribution < -0.4 is 5.73 Å². The number of aryl methyl sites for hydroxylation is 1. The number of ether oxygens (including phenoxy) is 1. The van der Waals surface area contributed by atoms with E-state index in [9.17, 15) is 4.39 Å². The molecule has 0 radical (unpaired) electrons. The highest BCUT2D eigenvalue weighted by molar-refractivity contribution is 5.94. The average molecular weight is 286 g/mol. The van der Waals surface area contributed by atoms with Crippen LogP contribution in [0, 0.1) is 11.2 Å². The molecular weight excluding hydrogens is 267 g/mol. The van der Waals surface area contributed by atoms with E-state index in [0.717, 1.165) is 12.8 Å². The second-order valence-corrected chi connectivity index (χ2v) is 4.86. The van der Waals surface area contributed by atoms with Crippen LogP contribution in [0.5, 0.6) is 0 Å². The van der Waals surface area contributed by atoms with Crippen molar-refractivity contribution in [3.63, 3.8) is 0 Å². The molecule has 21 heavy (non-hydrogen) atoms. The van der Waals surface area contributed by atoms with E-state index in [-0.39, 0.29) is 18.3 Å². The molecular formula is C17H19FN2O. The number of rotatable bonds is 7. The number of amidine groups is 1. The fraction of sp³-hybridized carbons (Fsp3) is 0.235. The Labute approximate surface area is 124 Å². The third-order valence-corrected chi connectivity index (χ3v) is 3.22. The van der Waals surface area contributed by atoms with Gasteiger partial charge in [-0.25, -0.2) is 4.39 Å². The fourth-order valence-corrected chi connectivity index (χ4v) is 2.04. The Morgan fingerprint density at radius 2 is 1.90 bits per heavy atom. The lowest BCUT2D eigenvalue weighted by molar-refractivity contribution is 0.116. The maximum Gasteiger partial charge on any atom is 0.129 e. The molecule has 0 saturated heterocycles. The van der Waals surface area contributed by atoms with E-state index in [1.54, 1.807) is 12.1 Å². The molecule has 2 rings (SSSR count). The van der Waals surface area contributed by atoms with Crippen LogP contribution in [0.1, 0.15) is 23.1 Å². The van der Waals surface area contributed by atoms with Crippen molar-refractivity contribution in [2.45, 2.75) is 19.4 Å². The van der Waals surface area contributed by atoms with Crippen molar-refractivity contribution in [3.8, 4) is 0 Å². The van der Waals surface area contributed by atoms with Crippen LogP contribution in [-0.4, -0.2) is 12.4 Å². The van der Waals surface area contributed by atoms with Gasteiger partial charge in [-0.05, 0) is 24.5 Å². The van der Waals surface area contributed by atoms with Crippen molar-refractivity contribution in [2.75, 3.05) is 6.61 Å². The van der Waals surface area contributed by atoms with Gasteiger partial charge in [-0.2, -0.15) is 0 Å². The number of nitrogens with one attached hydrogen (secondary N) is 1. The Balaban J connectivity index is 1.75. The van der Waals surface area contributed by atoms with Crippen LogP contribution in [0.15, 0.2) is 48.5 Å². The Morgan fingerprint density at radius 1 is 1.14 bits per heavy atom. The summed E-state index contributed by atoms with van der Waals surface area (Å²) in [5, 5.41) is 7.26. The van der Waals surface area contributed by atoms with Gasteiger partial charge in [-0.15, -0.1) is 0 Å². The van der Waals surface area contributed by atoms with Gasteiger partial charge >= 0.3 is 0 Å². The fourth-order valence-electron chi connectivity index (χ4n) is 2.04. The largest absolute Gasteiger partial charge is 0.384 e. The second kappa shape index (κ2) is 7.55. The third kappa shape index (κ3) is 4.68. The van der Waals surface area contributed by atoms with Crippen LogP contribution in [0.4, 0.5) is 4.39 Å². The van der Waals surface area contributed by atoms with Crippen molar-refractivity contribution in [1.82, 2.24) is 0 Å². The number of hydrogen-bond donors (Lipinski definition) is 2. The number of benzene rings is 2. The van der Waals surface area contributed by atoms with Gasteiger partial charge in [0.25, 0.3) is 0 Å². The van der Waals surface area contributed by atoms with Crippen LogP contribution in [0.25, 0.3) is 0 Å². The minimum atomic E-state index is -0.384. The van der Waals surface area contributed by atoms with Crippen LogP contribution in [0.2, 0.25) is 0 Å². The maximum absolute atomic E-state index is 13.8. The molecule has 2 aromatic rings. The van der Waals surface area contributed by atoms with E-state index in [2.05, 4.69) is 12.1 Å². The second-order valence-electron chi connectivity index (χ2n) is 4.86. The molecule has 2 aromatic carbocycles. The average Bonchev–Trinajstić information content (AvgIpc) is 2.49. The standard InChI is InChI=1S/C17H19FN2O/c18-16-11-14(17(19)20)8-9-15(16)12-21-10-4-7-13-5-2-1-3-6-13/h1-3,5-6,8-9,11H,4,7,10,12H2,(H3,19,20). The zero-order chi connectivity index (χ0) is 15.1. The van der Waals surface area contributed by atoms with E-state index in [0.29, 0.717) is 17.7 Å². The van der Waals surface area contributed by atoms with E-state index in [4.69, 9.17) is 15.9 Å². The van der Waals surface area contributed by atoms with Crippen molar-refractivity contribution in [3.05, 3.63) is 71.0 Å². The molecule has 0 spiro atoms. The molecule has 0 unspecified atom stereocenters. The Bertz CT molecular complexity index is 599. The lowest BCUT2D eigenvalue weighted by Crippen LogP contribution is -2.11. The Hall–Kier alpha value is -2.20. The Kier molecular flexibility index (Phi) is 5.46. The maximum atomic E-state index is 13.8. The summed E-state index contributed by atoms with van der Waals surface area (Å²) in [6.07, 6.45) is 1.85. The molecule has 0 aliphatic heterocycles. The number of hydrogen-bond acceptors (Lipinski definition) is 2. The smallest absolute Gasteiger partial charge is 0.129 e. The molecule has 110 valence electrons. The summed E-state index contributed by atoms with van der Waals surface area (Å²) in [5.41, 5.74) is 7.46. The lowest BCUT2D eigenvalue weighted by Gasteiger charge is -2.07. The van der Waals surface area contributed by atoms with Crippen LogP contribution in [-0.2, 0) is 17.8 Å². The first-order valence-corrected chi connectivity index (χ1v) is 6.91. The van der Waals surface area contributed by atoms with Crippen molar-refractivity contribution >= 4 is 5.84 Å². The number of nitrogen functional groups attached to an aromatic ring is 1. The zero-order valence-corrected chi connectivity index (χ0v) is 11.8. The van der Waals surface area contributed by atoms with Crippen molar-refractivity contribution in [2.24, 2.45) is 5.73 Å². The summed E-state index contributed by atoms with van der Waals surface area (Å²) in [5.74, 6) is -0.519. The van der Waals surface area contributed by atoms with Gasteiger partial charge in [0.05, 0.1) is 6.61 Å². The highest BCUT2D eigenvalue weighted by atomic mass is 19.1. The quantitative estimate of drug-likeness (QED) is 0.466. The summed E-state index contributed by atoms with van der Waals surface area (Å²) in [6.45, 7) is 0.821. The lowest BCUT2D eigenvalue weighted by atomic mass is 10.1. The van der Waals surface area contributed by atoms with Crippen molar-refractivity contribution < 1.29 is 9.13 Å². The molecule has 0 bridgehead atoms. The van der Waals surface area contributed by atoms with E-state index in [1.165, 1.54) is 11.6 Å². The van der Waals surface area contributed by atoms with E-state index >= 15 is 0 Å². The zero-order valence-electron chi connectivity index (χ0n) is 11.8. The topological polar surface area (TPSA) is 59.1 Å². The molecule has 0 saturated carbocycles. The van der Waals surface area contributed by atoms with Gasteiger partial charge in [0, 0.05) is 17.7 Å². The highest BCUT2D eigenvalue weighted by Crippen LogP contribution is 2.12. The molecule has 0 heterocycles. The summed E-state index contributed by atoms with van der Waals surface area (Å²) in [6, 6.07) is 14.7. The summed E-state index contributed by atoms with van der Waals surface area (Å²) >= 11 is 0. The van der Waals surface area contributed by atoms with Gasteiger partial charge in [0.1, 0.15) is 11.7 Å². The number of halogens is 1. The summed E-state index contributed by atoms with van der Waals surface area (Å²) in [4.78, 5) is 0. The molecule has 3 nitrogen and oxygen atoms in total. The van der Waals surface area contributed by atoms with Gasteiger partial charge in [0.2, 0.25) is 0 Å². The van der Waals surface area contributed by atoms with Crippen molar-refractivity contribution in [1.29, 1.82) is 5.41 Å². The molecule has 0 aliphatic carbocycles. The van der Waals surface area contributed by atoms with Gasteiger partial charge in [-0.3, -0.25) is 5.41 Å². The molecule has 0 atom stereocenters. The van der Waals surface area contributed by atoms with E-state index < -0.39 is 0 Å². The van der Waals surface area contributed by atoms with Gasteiger partial charge < -0.3 is 10.5 Å². The minimum absolute atomic E-state index is 0.135. The monoisotopic (exact) mass is 286 g/mol. The predicted molar refractivity (Wildman–Crippen MR) is 81.8 cm³/mol. The first-order valence-electron chi connectivity index (χ1n) is 6.91. The van der Waals surface area contributed by atoms with E-state index in [1.807, 2.05) is 18.2 Å². The Morgan fingerprint density at radius 3 is 2.57 bits per heavy atom. The molecule has 0 aliphatic rings. The van der Waals surface area contributed by atoms with Crippen LogP contribution >= 0.6 is 0 Å². The minimum Gasteiger partial charge on any atom is -0.384 e. The first-order chi connectivity index (χ1) is 10.2. The number of nitrogens with two attached hydrogens (primary N) is 1. The predicted octanol–water partition coefficient (Wildman–Crippen LogP) is 3.26. The van der Waals surface area contributed by atoms with Crippen LogP contribution in [0.3, 0.4) is 0 Å². The molecule has 0 fully saturated rings. The SMILES string of the molecule is N=C(N)c1ccc(COCCCc2ccccc2)c(F)c1. The normalized spacial score (nSPS) is 10.5. The molecule has 3 N–H and O–H groups in total. The molecule has 4 heteroatoms. The molecule has 0 amide bonds.